The van der Waals surface area contributed by atoms with Crippen molar-refractivity contribution in [3.8, 4) is 16.9 Å². The lowest BCUT2D eigenvalue weighted by Gasteiger charge is -2.12. The third kappa shape index (κ3) is 6.03. The molecule has 0 fully saturated rings. The minimum Gasteiger partial charge on any atom is -0.490 e. The smallest absolute Gasteiger partial charge is 0.323 e. The maximum atomic E-state index is 13.4. The Balaban J connectivity index is 1.25. The van der Waals surface area contributed by atoms with Gasteiger partial charge in [0.15, 0.2) is 5.82 Å². The Morgan fingerprint density at radius 1 is 0.925 bits per heavy atom. The van der Waals surface area contributed by atoms with Crippen LogP contribution in [0.4, 0.5) is 26.4 Å². The first-order chi connectivity index (χ1) is 19.3. The molecule has 0 saturated carbocycles. The van der Waals surface area contributed by atoms with E-state index in [1.54, 1.807) is 42.5 Å². The molecule has 5 aromatic rings. The van der Waals surface area contributed by atoms with E-state index in [-0.39, 0.29) is 23.9 Å². The number of H-pyrrole nitrogens is 1. The van der Waals surface area contributed by atoms with Gasteiger partial charge in [0.1, 0.15) is 23.7 Å². The quantitative estimate of drug-likeness (QED) is 0.161. The van der Waals surface area contributed by atoms with Crippen molar-refractivity contribution in [2.75, 3.05) is 29.5 Å². The standard InChI is InChI=1S/C28H25FN6O4S/c29-19-5-4-6-21(17-19)33-28(36)32-20-11-9-18(10-12-20)23-13-14-24(26-25(23)27(30)35-34-26)39-16-15-31-40(37,38)22-7-2-1-3-8-22/h1-14,17,31H,15-16H2,(H3,30,34,35)(H2,32,33,36). The summed E-state index contributed by atoms with van der Waals surface area (Å²) in [7, 11) is -3.64. The van der Waals surface area contributed by atoms with Crippen LogP contribution in [0.3, 0.4) is 0 Å². The summed E-state index contributed by atoms with van der Waals surface area (Å²) in [5.41, 5.74) is 9.20. The van der Waals surface area contributed by atoms with E-state index < -0.39 is 21.9 Å². The normalized spacial score (nSPS) is 11.3. The Kier molecular flexibility index (Phi) is 7.62. The fourth-order valence-electron chi connectivity index (χ4n) is 4.11. The van der Waals surface area contributed by atoms with Crippen molar-refractivity contribution in [3.63, 3.8) is 0 Å². The minimum absolute atomic E-state index is 0.0609. The zero-order valence-electron chi connectivity index (χ0n) is 21.0. The lowest BCUT2D eigenvalue weighted by Crippen LogP contribution is -2.28. The Bertz CT molecular complexity index is 1760. The summed E-state index contributed by atoms with van der Waals surface area (Å²) in [6.45, 7) is 0.142. The summed E-state index contributed by atoms with van der Waals surface area (Å²) >= 11 is 0. The number of amides is 2. The molecular weight excluding hydrogens is 535 g/mol. The third-order valence-electron chi connectivity index (χ3n) is 5.95. The number of nitrogens with two attached hydrogens (primary N) is 1. The molecular formula is C28H25FN6O4S. The highest BCUT2D eigenvalue weighted by Crippen LogP contribution is 2.36. The average Bonchev–Trinajstić information content (AvgIpc) is 3.34. The number of nitrogens with zero attached hydrogens (tertiary/aromatic N) is 1. The van der Waals surface area contributed by atoms with Crippen LogP contribution < -0.4 is 25.8 Å². The molecule has 0 atom stereocenters. The largest absolute Gasteiger partial charge is 0.490 e. The van der Waals surface area contributed by atoms with E-state index in [9.17, 15) is 17.6 Å². The van der Waals surface area contributed by atoms with Gasteiger partial charge in [-0.2, -0.15) is 5.10 Å². The van der Waals surface area contributed by atoms with Crippen molar-refractivity contribution >= 4 is 44.1 Å². The molecule has 0 bridgehead atoms. The highest BCUT2D eigenvalue weighted by molar-refractivity contribution is 7.89. The number of aromatic amines is 1. The van der Waals surface area contributed by atoms with Crippen LogP contribution >= 0.6 is 0 Å². The molecule has 0 saturated heterocycles. The van der Waals surface area contributed by atoms with Gasteiger partial charge >= 0.3 is 6.03 Å². The number of aromatic nitrogens is 2. The summed E-state index contributed by atoms with van der Waals surface area (Å²) < 4.78 is 46.5. The molecule has 0 unspecified atom stereocenters. The van der Waals surface area contributed by atoms with Gasteiger partial charge in [0.2, 0.25) is 10.0 Å². The van der Waals surface area contributed by atoms with Gasteiger partial charge in [-0.15, -0.1) is 0 Å². The number of hydrogen-bond acceptors (Lipinski definition) is 6. The molecule has 1 aromatic heterocycles. The summed E-state index contributed by atoms with van der Waals surface area (Å²) in [5, 5.41) is 12.9. The van der Waals surface area contributed by atoms with Crippen LogP contribution in [0, 0.1) is 5.82 Å². The number of carbonyl (C=O) groups is 1. The monoisotopic (exact) mass is 560 g/mol. The number of ether oxygens (including phenoxy) is 1. The molecule has 0 radical (unpaired) electrons. The summed E-state index contributed by atoms with van der Waals surface area (Å²) in [5.74, 6) is 0.294. The predicted molar refractivity (Wildman–Crippen MR) is 152 cm³/mol. The van der Waals surface area contributed by atoms with Gasteiger partial charge in [0.05, 0.1) is 10.3 Å². The van der Waals surface area contributed by atoms with Crippen LogP contribution in [0.5, 0.6) is 5.75 Å². The molecule has 0 aliphatic heterocycles. The van der Waals surface area contributed by atoms with Gasteiger partial charge in [-0.3, -0.25) is 5.10 Å². The number of carbonyl (C=O) groups excluding carboxylic acids is 1. The van der Waals surface area contributed by atoms with Gasteiger partial charge in [-0.1, -0.05) is 36.4 Å². The van der Waals surface area contributed by atoms with Gasteiger partial charge in [-0.05, 0) is 65.7 Å². The van der Waals surface area contributed by atoms with Crippen LogP contribution in [0.2, 0.25) is 0 Å². The first-order valence-corrected chi connectivity index (χ1v) is 13.7. The van der Waals surface area contributed by atoms with Gasteiger partial charge in [-0.25, -0.2) is 22.3 Å². The first-order valence-electron chi connectivity index (χ1n) is 12.2. The molecule has 5 rings (SSSR count). The van der Waals surface area contributed by atoms with Crippen molar-refractivity contribution in [2.24, 2.45) is 0 Å². The maximum absolute atomic E-state index is 13.4. The van der Waals surface area contributed by atoms with Crippen molar-refractivity contribution in [3.05, 3.63) is 96.8 Å². The van der Waals surface area contributed by atoms with Crippen LogP contribution in [-0.4, -0.2) is 37.8 Å². The van der Waals surface area contributed by atoms with Crippen LogP contribution in [0.15, 0.2) is 95.9 Å². The zero-order chi connectivity index (χ0) is 28.1. The summed E-state index contributed by atoms with van der Waals surface area (Å²) in [6.07, 6.45) is 0. The number of sulfonamides is 1. The molecule has 10 nitrogen and oxygen atoms in total. The van der Waals surface area contributed by atoms with E-state index in [1.807, 2.05) is 18.2 Å². The lowest BCUT2D eigenvalue weighted by atomic mass is 10.0. The Morgan fingerprint density at radius 3 is 2.42 bits per heavy atom. The second-order valence-corrected chi connectivity index (χ2v) is 10.5. The highest BCUT2D eigenvalue weighted by Gasteiger charge is 2.16. The van der Waals surface area contributed by atoms with Crippen molar-refractivity contribution in [2.45, 2.75) is 4.90 Å². The molecule has 12 heteroatoms. The van der Waals surface area contributed by atoms with E-state index >= 15 is 0 Å². The number of halogens is 1. The molecule has 0 aliphatic carbocycles. The number of benzene rings is 4. The van der Waals surface area contributed by atoms with E-state index in [0.29, 0.717) is 28.0 Å². The predicted octanol–water partition coefficient (Wildman–Crippen LogP) is 4.95. The average molecular weight is 561 g/mol. The Morgan fingerprint density at radius 2 is 1.68 bits per heavy atom. The molecule has 0 spiro atoms. The van der Waals surface area contributed by atoms with Crippen molar-refractivity contribution in [1.82, 2.24) is 14.9 Å². The molecule has 1 heterocycles. The fourth-order valence-corrected chi connectivity index (χ4v) is 5.14. The minimum atomic E-state index is -3.64. The van der Waals surface area contributed by atoms with E-state index in [4.69, 9.17) is 10.5 Å². The number of anilines is 3. The van der Waals surface area contributed by atoms with Crippen LogP contribution in [-0.2, 0) is 10.0 Å². The number of nitrogen functional groups attached to an aromatic ring is 1. The molecule has 40 heavy (non-hydrogen) atoms. The Hall–Kier alpha value is -4.94. The van der Waals surface area contributed by atoms with E-state index in [1.165, 1.54) is 30.3 Å². The maximum Gasteiger partial charge on any atom is 0.323 e. The molecule has 2 amide bonds. The number of hydrogen-bond donors (Lipinski definition) is 5. The Labute approximate surface area is 229 Å². The molecule has 4 aromatic carbocycles. The lowest BCUT2D eigenvalue weighted by molar-refractivity contribution is 0.262. The molecule has 6 N–H and O–H groups in total. The van der Waals surface area contributed by atoms with E-state index in [2.05, 4.69) is 25.6 Å². The van der Waals surface area contributed by atoms with Gasteiger partial charge in [0.25, 0.3) is 0 Å². The first kappa shape index (κ1) is 26.7. The molecule has 0 aliphatic rings. The zero-order valence-corrected chi connectivity index (χ0v) is 21.8. The van der Waals surface area contributed by atoms with E-state index in [0.717, 1.165) is 11.1 Å². The highest BCUT2D eigenvalue weighted by atomic mass is 32.2. The van der Waals surface area contributed by atoms with Crippen molar-refractivity contribution in [1.29, 1.82) is 0 Å². The number of nitrogens with one attached hydrogen (secondary N) is 4. The second-order valence-electron chi connectivity index (χ2n) is 8.70. The topological polar surface area (TPSA) is 151 Å². The molecule has 204 valence electrons. The fraction of sp³-hybridized carbons (Fsp3) is 0.0714. The number of rotatable bonds is 9. The summed E-state index contributed by atoms with van der Waals surface area (Å²) in [4.78, 5) is 12.5. The van der Waals surface area contributed by atoms with Gasteiger partial charge < -0.3 is 21.1 Å². The number of fused-ring (bicyclic) bond motifs is 1. The van der Waals surface area contributed by atoms with Crippen LogP contribution in [0.1, 0.15) is 0 Å². The van der Waals surface area contributed by atoms with Crippen molar-refractivity contribution < 1.29 is 22.3 Å². The van der Waals surface area contributed by atoms with Gasteiger partial charge in [0, 0.05) is 17.9 Å². The summed E-state index contributed by atoms with van der Waals surface area (Å²) in [6, 6.07) is 23.9. The SMILES string of the molecule is Nc1n[nH]c2c(OCCNS(=O)(=O)c3ccccc3)ccc(-c3ccc(NC(=O)Nc4cccc(F)c4)cc3)c12. The second kappa shape index (κ2) is 11.4. The number of urea groups is 1. The third-order valence-corrected chi connectivity index (χ3v) is 7.43. The van der Waals surface area contributed by atoms with Crippen LogP contribution in [0.25, 0.3) is 22.0 Å².